The van der Waals surface area contributed by atoms with Crippen LogP contribution in [0.2, 0.25) is 0 Å². The third-order valence-electron chi connectivity index (χ3n) is 3.68. The van der Waals surface area contributed by atoms with Gasteiger partial charge in [0, 0.05) is 0 Å². The number of halogens is 2. The second-order valence-electron chi connectivity index (χ2n) is 6.63. The van der Waals surface area contributed by atoms with Crippen LogP contribution in [0.3, 0.4) is 0 Å². The molecular weight excluding hydrogens is 372 g/mol. The van der Waals surface area contributed by atoms with Crippen LogP contribution >= 0.6 is 0 Å². The van der Waals surface area contributed by atoms with Gasteiger partial charge < -0.3 is 47.7 Å². The molecule has 0 aliphatic rings. The Bertz CT molecular complexity index is 201. The minimum absolute atomic E-state index is 0. The van der Waals surface area contributed by atoms with Gasteiger partial charge in [0.15, 0.2) is 0 Å². The number of hydrogen-bond acceptors (Lipinski definition) is 1. The average molecular weight is 406 g/mol. The molecule has 120 valence electrons. The molecule has 0 aliphatic carbocycles. The Kier molecular flexibility index (Phi) is 13.8. The molecule has 0 bridgehead atoms. The lowest BCUT2D eigenvalue weighted by molar-refractivity contribution is -0.896. The third kappa shape index (κ3) is 12.3. The van der Waals surface area contributed by atoms with E-state index in [0.717, 1.165) is 35.1 Å². The van der Waals surface area contributed by atoms with Crippen molar-refractivity contribution in [3.63, 3.8) is 0 Å². The Morgan fingerprint density at radius 2 is 1.00 bits per heavy atom. The molecule has 0 amide bonds. The molecule has 0 saturated heterocycles. The first-order valence-corrected chi connectivity index (χ1v) is 6.91. The van der Waals surface area contributed by atoms with Crippen LogP contribution in [0.25, 0.3) is 0 Å². The van der Waals surface area contributed by atoms with Crippen LogP contribution in [0.1, 0.15) is 27.7 Å². The van der Waals surface area contributed by atoms with Gasteiger partial charge in [0.25, 0.3) is 0 Å². The van der Waals surface area contributed by atoms with Gasteiger partial charge in [-0.1, -0.05) is 0 Å². The topological polar surface area (TPSA) is 9.23 Å². The smallest absolute Gasteiger partial charge is 0.105 e. The summed E-state index contributed by atoms with van der Waals surface area (Å²) >= 11 is 0. The molecule has 0 radical (unpaired) electrons. The second-order valence-corrected chi connectivity index (χ2v) is 6.63. The van der Waals surface area contributed by atoms with Crippen LogP contribution in [0.15, 0.2) is 0 Å². The molecule has 5 heteroatoms. The number of likely N-dealkylation sites (N-methyl/N-ethyl adjacent to an activating group) is 2. The quantitative estimate of drug-likeness (QED) is 0.374. The molecule has 0 aromatic carbocycles. The highest BCUT2D eigenvalue weighted by atomic mass is 79.9. The Balaban J connectivity index is -0.00000128. The van der Waals surface area contributed by atoms with Crippen molar-refractivity contribution in [3.8, 4) is 0 Å². The second kappa shape index (κ2) is 10.6. The van der Waals surface area contributed by atoms with Crippen molar-refractivity contribution in [2.24, 2.45) is 0 Å². The molecule has 2 atom stereocenters. The first kappa shape index (κ1) is 24.8. The monoisotopic (exact) mass is 404 g/mol. The van der Waals surface area contributed by atoms with Crippen LogP contribution < -0.4 is 34.0 Å². The molecule has 0 fully saturated rings. The molecule has 3 nitrogen and oxygen atoms in total. The first-order valence-electron chi connectivity index (χ1n) is 6.91. The summed E-state index contributed by atoms with van der Waals surface area (Å²) in [6.07, 6.45) is 0.661. The highest BCUT2D eigenvalue weighted by molar-refractivity contribution is 4.54. The summed E-state index contributed by atoms with van der Waals surface area (Å²) < 4.78 is 8.15. The SMILES string of the molecule is CC[N+](C)(C)CC(C)OC(C)C[N+](C)(C)CC.[Br-].[Br-]. The Morgan fingerprint density at radius 3 is 1.21 bits per heavy atom. The molecule has 0 N–H and O–H groups in total. The van der Waals surface area contributed by atoms with E-state index in [1.165, 1.54) is 0 Å². The van der Waals surface area contributed by atoms with Crippen molar-refractivity contribution in [1.82, 2.24) is 0 Å². The van der Waals surface area contributed by atoms with E-state index in [4.69, 9.17) is 4.74 Å². The number of nitrogens with zero attached hydrogens (tertiary/aromatic N) is 2. The molecule has 0 heterocycles. The van der Waals surface area contributed by atoms with Gasteiger partial charge in [0.2, 0.25) is 0 Å². The number of hydrogen-bond donors (Lipinski definition) is 0. The van der Waals surface area contributed by atoms with E-state index >= 15 is 0 Å². The Morgan fingerprint density at radius 1 is 0.737 bits per heavy atom. The van der Waals surface area contributed by atoms with Crippen molar-refractivity contribution in [2.45, 2.75) is 39.9 Å². The van der Waals surface area contributed by atoms with Crippen LogP contribution in [0.5, 0.6) is 0 Å². The van der Waals surface area contributed by atoms with E-state index in [2.05, 4.69) is 55.9 Å². The summed E-state index contributed by atoms with van der Waals surface area (Å²) in [5, 5.41) is 0. The summed E-state index contributed by atoms with van der Waals surface area (Å²) in [6, 6.07) is 0. The van der Waals surface area contributed by atoms with Crippen LogP contribution in [0, 0.1) is 0 Å². The van der Waals surface area contributed by atoms with E-state index in [1.807, 2.05) is 0 Å². The molecule has 0 saturated carbocycles. The number of quaternary nitrogens is 2. The highest BCUT2D eigenvalue weighted by Crippen LogP contribution is 2.08. The molecule has 0 rings (SSSR count). The zero-order valence-corrected chi connectivity index (χ0v) is 17.2. The van der Waals surface area contributed by atoms with Gasteiger partial charge in [-0.05, 0) is 27.7 Å². The zero-order chi connectivity index (χ0) is 13.7. The maximum atomic E-state index is 6.09. The van der Waals surface area contributed by atoms with Gasteiger partial charge in [-0.2, -0.15) is 0 Å². The summed E-state index contributed by atoms with van der Waals surface area (Å²) in [6.45, 7) is 13.3. The van der Waals surface area contributed by atoms with E-state index < -0.39 is 0 Å². The van der Waals surface area contributed by atoms with Gasteiger partial charge in [0.1, 0.15) is 25.3 Å². The minimum Gasteiger partial charge on any atom is -1.00 e. The predicted octanol–water partition coefficient (Wildman–Crippen LogP) is -4.02. The van der Waals surface area contributed by atoms with Crippen LogP contribution in [-0.2, 0) is 4.74 Å². The minimum atomic E-state index is 0. The summed E-state index contributed by atoms with van der Waals surface area (Å²) in [5.41, 5.74) is 0. The lowest BCUT2D eigenvalue weighted by Gasteiger charge is -2.34. The lowest BCUT2D eigenvalue weighted by Crippen LogP contribution is -3.00. The van der Waals surface area contributed by atoms with Gasteiger partial charge in [-0.3, -0.25) is 0 Å². The van der Waals surface area contributed by atoms with Gasteiger partial charge in [-0.15, -0.1) is 0 Å². The van der Waals surface area contributed by atoms with E-state index in [9.17, 15) is 0 Å². The molecule has 0 aromatic heterocycles. The number of rotatable bonds is 8. The van der Waals surface area contributed by atoms with Crippen LogP contribution in [0.4, 0.5) is 0 Å². The standard InChI is InChI=1S/C14H34N2O.2BrH/c1-9-15(5,6)11-13(3)17-14(4)12-16(7,8)10-2;;/h13-14H,9-12H2,1-8H3;2*1H/q+2;;/p-2. The van der Waals surface area contributed by atoms with Crippen molar-refractivity contribution in [1.29, 1.82) is 0 Å². The fraction of sp³-hybridized carbons (Fsp3) is 1.00. The van der Waals surface area contributed by atoms with Crippen LogP contribution in [-0.4, -0.2) is 75.5 Å². The maximum Gasteiger partial charge on any atom is 0.105 e. The fourth-order valence-electron chi connectivity index (χ4n) is 2.13. The predicted molar refractivity (Wildman–Crippen MR) is 75.0 cm³/mol. The Hall–Kier alpha value is 0.840. The van der Waals surface area contributed by atoms with E-state index in [1.54, 1.807) is 0 Å². The molecule has 0 aromatic rings. The molecular formula is C14H34Br2N2O. The maximum absolute atomic E-state index is 6.09. The van der Waals surface area contributed by atoms with Crippen molar-refractivity contribution >= 4 is 0 Å². The normalized spacial score (nSPS) is 15.2. The fourth-order valence-corrected chi connectivity index (χ4v) is 2.13. The van der Waals surface area contributed by atoms with Crippen molar-refractivity contribution < 1.29 is 47.7 Å². The molecule has 19 heavy (non-hydrogen) atoms. The first-order chi connectivity index (χ1) is 7.62. The molecule has 0 aliphatic heterocycles. The van der Waals surface area contributed by atoms with Crippen molar-refractivity contribution in [2.75, 3.05) is 54.4 Å². The van der Waals surface area contributed by atoms with Gasteiger partial charge >= 0.3 is 0 Å². The third-order valence-corrected chi connectivity index (χ3v) is 3.68. The molecule has 0 spiro atoms. The van der Waals surface area contributed by atoms with Gasteiger partial charge in [0.05, 0.1) is 41.3 Å². The van der Waals surface area contributed by atoms with E-state index in [0.29, 0.717) is 12.2 Å². The molecule has 2 unspecified atom stereocenters. The average Bonchev–Trinajstić information content (AvgIpc) is 2.15. The summed E-state index contributed by atoms with van der Waals surface area (Å²) in [7, 11) is 9.04. The zero-order valence-electron chi connectivity index (χ0n) is 14.0. The lowest BCUT2D eigenvalue weighted by atomic mass is 10.3. The summed E-state index contributed by atoms with van der Waals surface area (Å²) in [5.74, 6) is 0. The Labute approximate surface area is 142 Å². The number of ether oxygens (including phenoxy) is 1. The van der Waals surface area contributed by atoms with Crippen molar-refractivity contribution in [3.05, 3.63) is 0 Å². The highest BCUT2D eigenvalue weighted by Gasteiger charge is 2.22. The largest absolute Gasteiger partial charge is 1.00 e. The van der Waals surface area contributed by atoms with E-state index in [-0.39, 0.29) is 34.0 Å². The summed E-state index contributed by atoms with van der Waals surface area (Å²) in [4.78, 5) is 0. The van der Waals surface area contributed by atoms with Gasteiger partial charge in [-0.25, -0.2) is 0 Å².